The third-order valence-corrected chi connectivity index (χ3v) is 3.90. The Hall–Kier alpha value is -2.41. The molecule has 7 heteroatoms. The van der Waals surface area contributed by atoms with Gasteiger partial charge >= 0.3 is 5.97 Å². The van der Waals surface area contributed by atoms with Crippen LogP contribution >= 0.6 is 11.3 Å². The summed E-state index contributed by atoms with van der Waals surface area (Å²) in [6.07, 6.45) is 1.41. The highest BCUT2D eigenvalue weighted by Gasteiger charge is 2.23. The molecule has 0 saturated heterocycles. The summed E-state index contributed by atoms with van der Waals surface area (Å²) < 4.78 is 7.82. The number of hydrogen-bond donors (Lipinski definition) is 1. The first kappa shape index (κ1) is 14.5. The summed E-state index contributed by atoms with van der Waals surface area (Å²) in [4.78, 5) is 16.6. The minimum Gasteiger partial charge on any atom is -0.456 e. The molecule has 6 nitrogen and oxygen atoms in total. The van der Waals surface area contributed by atoms with Gasteiger partial charge in [-0.3, -0.25) is 0 Å². The summed E-state index contributed by atoms with van der Waals surface area (Å²) in [5, 5.41) is 4.79. The van der Waals surface area contributed by atoms with Crippen molar-refractivity contribution >= 4 is 33.3 Å². The largest absolute Gasteiger partial charge is 0.456 e. The van der Waals surface area contributed by atoms with E-state index in [9.17, 15) is 4.79 Å². The molecular formula is C15H16N4O2S. The number of hydrogen-bond acceptors (Lipinski definition) is 6. The Labute approximate surface area is 131 Å². The predicted octanol–water partition coefficient (Wildman–Crippen LogP) is 3.02. The molecule has 0 aliphatic carbocycles. The van der Waals surface area contributed by atoms with Gasteiger partial charge in [0.1, 0.15) is 17.0 Å². The molecule has 22 heavy (non-hydrogen) atoms. The van der Waals surface area contributed by atoms with Gasteiger partial charge in [0.2, 0.25) is 5.13 Å². The smallest absolute Gasteiger partial charge is 0.344 e. The van der Waals surface area contributed by atoms with Gasteiger partial charge in [0.05, 0.1) is 16.4 Å². The molecule has 0 saturated carbocycles. The van der Waals surface area contributed by atoms with Crippen molar-refractivity contribution in [3.05, 3.63) is 36.0 Å². The number of fused-ring (bicyclic) bond motifs is 1. The van der Waals surface area contributed by atoms with Crippen LogP contribution in [0.15, 0.2) is 30.5 Å². The zero-order chi connectivity index (χ0) is 15.9. The number of carbonyl (C=O) groups excluding carboxylic acids is 1. The molecule has 3 aromatic rings. The van der Waals surface area contributed by atoms with Crippen molar-refractivity contribution in [1.82, 2.24) is 14.8 Å². The monoisotopic (exact) mass is 316 g/mol. The minimum atomic E-state index is -0.582. The molecule has 1 aromatic carbocycles. The van der Waals surface area contributed by atoms with E-state index in [4.69, 9.17) is 10.5 Å². The fourth-order valence-corrected chi connectivity index (χ4v) is 2.89. The Morgan fingerprint density at radius 1 is 1.32 bits per heavy atom. The molecule has 2 N–H and O–H groups in total. The third-order valence-electron chi connectivity index (χ3n) is 2.89. The number of anilines is 1. The van der Waals surface area contributed by atoms with E-state index in [0.29, 0.717) is 5.13 Å². The van der Waals surface area contributed by atoms with Gasteiger partial charge in [0, 0.05) is 0 Å². The number of benzene rings is 1. The predicted molar refractivity (Wildman–Crippen MR) is 86.3 cm³/mol. The SMILES string of the molecule is CC(C)(C)OC(=O)c1cnn(-c2nc3ccccc3s2)c1N. The van der Waals surface area contributed by atoms with E-state index in [1.54, 1.807) is 20.8 Å². The van der Waals surface area contributed by atoms with Gasteiger partial charge in [-0.15, -0.1) is 0 Å². The average Bonchev–Trinajstić information content (AvgIpc) is 2.99. The number of thiazole rings is 1. The Morgan fingerprint density at radius 2 is 2.05 bits per heavy atom. The van der Waals surface area contributed by atoms with Crippen molar-refractivity contribution in [2.75, 3.05) is 5.73 Å². The maximum Gasteiger partial charge on any atom is 0.344 e. The molecule has 0 fully saturated rings. The second kappa shape index (κ2) is 5.10. The number of rotatable bonds is 2. The average molecular weight is 316 g/mol. The van der Waals surface area contributed by atoms with Crippen molar-refractivity contribution in [3.8, 4) is 5.13 Å². The molecule has 0 aliphatic heterocycles. The van der Waals surface area contributed by atoms with Crippen LogP contribution in [-0.2, 0) is 4.74 Å². The first-order chi connectivity index (χ1) is 10.3. The van der Waals surface area contributed by atoms with Crippen molar-refractivity contribution in [3.63, 3.8) is 0 Å². The van der Waals surface area contributed by atoms with E-state index in [-0.39, 0.29) is 11.4 Å². The summed E-state index contributed by atoms with van der Waals surface area (Å²) in [6.45, 7) is 5.41. The minimum absolute atomic E-state index is 0.230. The van der Waals surface area contributed by atoms with Crippen LogP contribution in [0.4, 0.5) is 5.82 Å². The number of aromatic nitrogens is 3. The lowest BCUT2D eigenvalue weighted by atomic mass is 10.2. The molecular weight excluding hydrogens is 300 g/mol. The van der Waals surface area contributed by atoms with Gasteiger partial charge in [0.25, 0.3) is 0 Å². The number of nitrogen functional groups attached to an aromatic ring is 1. The van der Waals surface area contributed by atoms with Crippen LogP contribution in [0.25, 0.3) is 15.3 Å². The Morgan fingerprint density at radius 3 is 2.73 bits per heavy atom. The standard InChI is InChI=1S/C15H16N4O2S/c1-15(2,3)21-13(20)9-8-17-19(12(9)16)14-18-10-6-4-5-7-11(10)22-14/h4-8H,16H2,1-3H3. The van der Waals surface area contributed by atoms with Gasteiger partial charge in [-0.25, -0.2) is 9.78 Å². The van der Waals surface area contributed by atoms with Crippen LogP contribution in [0.3, 0.4) is 0 Å². The molecule has 2 aromatic heterocycles. The number of esters is 1. The number of ether oxygens (including phenoxy) is 1. The molecule has 0 radical (unpaired) electrons. The molecule has 0 bridgehead atoms. The summed E-state index contributed by atoms with van der Waals surface area (Å²) in [6, 6.07) is 7.77. The lowest BCUT2D eigenvalue weighted by Gasteiger charge is -2.19. The van der Waals surface area contributed by atoms with Crippen molar-refractivity contribution in [2.24, 2.45) is 0 Å². The quantitative estimate of drug-likeness (QED) is 0.735. The zero-order valence-electron chi connectivity index (χ0n) is 12.5. The Bertz CT molecular complexity index is 812. The number of para-hydroxylation sites is 1. The first-order valence-electron chi connectivity index (χ1n) is 6.78. The second-order valence-electron chi connectivity index (χ2n) is 5.82. The van der Waals surface area contributed by atoms with E-state index in [1.165, 1.54) is 22.2 Å². The normalized spacial score (nSPS) is 11.8. The molecule has 114 valence electrons. The van der Waals surface area contributed by atoms with Gasteiger partial charge in [0.15, 0.2) is 0 Å². The Kier molecular flexibility index (Phi) is 3.37. The van der Waals surface area contributed by atoms with E-state index in [0.717, 1.165) is 10.2 Å². The van der Waals surface area contributed by atoms with Crippen molar-refractivity contribution in [1.29, 1.82) is 0 Å². The lowest BCUT2D eigenvalue weighted by molar-refractivity contribution is 0.00708. The molecule has 0 unspecified atom stereocenters. The van der Waals surface area contributed by atoms with E-state index in [1.807, 2.05) is 24.3 Å². The van der Waals surface area contributed by atoms with E-state index in [2.05, 4.69) is 10.1 Å². The van der Waals surface area contributed by atoms with Crippen molar-refractivity contribution in [2.45, 2.75) is 26.4 Å². The summed E-state index contributed by atoms with van der Waals surface area (Å²) in [5.41, 5.74) is 6.58. The summed E-state index contributed by atoms with van der Waals surface area (Å²) in [5.74, 6) is -0.259. The molecule has 0 aliphatic rings. The maximum absolute atomic E-state index is 12.1. The molecule has 0 atom stereocenters. The zero-order valence-corrected chi connectivity index (χ0v) is 13.3. The van der Waals surface area contributed by atoms with Gasteiger partial charge < -0.3 is 10.5 Å². The molecule has 2 heterocycles. The van der Waals surface area contributed by atoms with Crippen LogP contribution in [0.5, 0.6) is 0 Å². The van der Waals surface area contributed by atoms with Crippen LogP contribution in [0, 0.1) is 0 Å². The lowest BCUT2D eigenvalue weighted by Crippen LogP contribution is -2.24. The fraction of sp³-hybridized carbons (Fsp3) is 0.267. The van der Waals surface area contributed by atoms with E-state index >= 15 is 0 Å². The molecule has 0 spiro atoms. The number of carbonyl (C=O) groups is 1. The fourth-order valence-electron chi connectivity index (χ4n) is 1.95. The van der Waals surface area contributed by atoms with Gasteiger partial charge in [-0.2, -0.15) is 9.78 Å². The van der Waals surface area contributed by atoms with Crippen molar-refractivity contribution < 1.29 is 9.53 Å². The van der Waals surface area contributed by atoms with E-state index < -0.39 is 11.6 Å². The third kappa shape index (κ3) is 2.67. The Balaban J connectivity index is 1.98. The first-order valence-corrected chi connectivity index (χ1v) is 7.59. The molecule has 0 amide bonds. The second-order valence-corrected chi connectivity index (χ2v) is 6.83. The highest BCUT2D eigenvalue weighted by atomic mass is 32.1. The highest BCUT2D eigenvalue weighted by molar-refractivity contribution is 7.20. The summed E-state index contributed by atoms with van der Waals surface area (Å²) in [7, 11) is 0. The van der Waals surface area contributed by atoms with Crippen LogP contribution in [0.2, 0.25) is 0 Å². The summed E-state index contributed by atoms with van der Waals surface area (Å²) >= 11 is 1.46. The molecule has 3 rings (SSSR count). The number of nitrogens with zero attached hydrogens (tertiary/aromatic N) is 3. The highest BCUT2D eigenvalue weighted by Crippen LogP contribution is 2.27. The number of nitrogens with two attached hydrogens (primary N) is 1. The van der Waals surface area contributed by atoms with Crippen LogP contribution in [0.1, 0.15) is 31.1 Å². The van der Waals surface area contributed by atoms with Crippen LogP contribution in [-0.4, -0.2) is 26.3 Å². The topological polar surface area (TPSA) is 83.0 Å². The van der Waals surface area contributed by atoms with Crippen LogP contribution < -0.4 is 5.73 Å². The van der Waals surface area contributed by atoms with Gasteiger partial charge in [-0.1, -0.05) is 23.5 Å². The maximum atomic E-state index is 12.1. The van der Waals surface area contributed by atoms with Gasteiger partial charge in [-0.05, 0) is 32.9 Å².